The topological polar surface area (TPSA) is 29.1 Å². The Kier molecular flexibility index (Phi) is 2.15. The first-order valence-electron chi connectivity index (χ1n) is 1.95. The lowest BCUT2D eigenvalue weighted by atomic mass is 11.5. The van der Waals surface area contributed by atoms with E-state index >= 15 is 0 Å². The van der Waals surface area contributed by atoms with Crippen LogP contribution in [0.5, 0.6) is 0 Å². The molecule has 0 aromatic heterocycles. The molecule has 0 fully saturated rings. The lowest BCUT2D eigenvalue weighted by Gasteiger charge is -2.22. The number of amides is 1. The standard InChI is InChI=1S/C4H11NOS/c1-7(2,3)5-4-6/h4H,1-3H3,(H,5,6). The Morgan fingerprint density at radius 3 is 1.86 bits per heavy atom. The lowest BCUT2D eigenvalue weighted by molar-refractivity contribution is -0.107. The van der Waals surface area contributed by atoms with Crippen LogP contribution in [0.15, 0.2) is 0 Å². The van der Waals surface area contributed by atoms with Gasteiger partial charge in [-0.3, -0.25) is 4.79 Å². The first-order valence-corrected chi connectivity index (χ1v) is 4.81. The molecule has 0 aliphatic heterocycles. The number of nitrogens with one attached hydrogen (secondary N) is 1. The molecule has 0 bridgehead atoms. The van der Waals surface area contributed by atoms with Gasteiger partial charge in [0.2, 0.25) is 6.41 Å². The normalized spacial score (nSPS) is 13.0. The molecule has 7 heavy (non-hydrogen) atoms. The second-order valence-electron chi connectivity index (χ2n) is 2.07. The van der Waals surface area contributed by atoms with Crippen molar-refractivity contribution in [2.75, 3.05) is 18.8 Å². The van der Waals surface area contributed by atoms with Crippen LogP contribution in [0, 0.1) is 0 Å². The van der Waals surface area contributed by atoms with Gasteiger partial charge in [-0.2, -0.15) is 10.2 Å². The Balaban J connectivity index is 3.34. The maximum absolute atomic E-state index is 9.73. The minimum Gasteiger partial charge on any atom is -0.322 e. The summed E-state index contributed by atoms with van der Waals surface area (Å²) < 4.78 is 2.69. The van der Waals surface area contributed by atoms with Gasteiger partial charge in [0.15, 0.2) is 0 Å². The van der Waals surface area contributed by atoms with Gasteiger partial charge < -0.3 is 4.72 Å². The van der Waals surface area contributed by atoms with Crippen LogP contribution in [-0.4, -0.2) is 25.2 Å². The highest BCUT2D eigenvalue weighted by Crippen LogP contribution is 2.26. The second-order valence-corrected chi connectivity index (χ2v) is 5.98. The van der Waals surface area contributed by atoms with Crippen molar-refractivity contribution >= 4 is 16.6 Å². The highest BCUT2D eigenvalue weighted by atomic mass is 32.3. The van der Waals surface area contributed by atoms with Gasteiger partial charge in [-0.05, 0) is 18.8 Å². The number of hydrogen-bond acceptors (Lipinski definition) is 1. The summed E-state index contributed by atoms with van der Waals surface area (Å²) in [7, 11) is -0.792. The van der Waals surface area contributed by atoms with Gasteiger partial charge >= 0.3 is 0 Å². The smallest absolute Gasteiger partial charge is 0.215 e. The fraction of sp³-hybridized carbons (Fsp3) is 0.750. The molecule has 0 unspecified atom stereocenters. The monoisotopic (exact) mass is 121 g/mol. The van der Waals surface area contributed by atoms with Gasteiger partial charge in [0, 0.05) is 0 Å². The van der Waals surface area contributed by atoms with E-state index in [4.69, 9.17) is 0 Å². The van der Waals surface area contributed by atoms with E-state index < -0.39 is 10.2 Å². The van der Waals surface area contributed by atoms with Crippen LogP contribution < -0.4 is 4.72 Å². The Labute approximate surface area is 45.7 Å². The van der Waals surface area contributed by atoms with Crippen molar-refractivity contribution in [3.05, 3.63) is 0 Å². The predicted molar refractivity (Wildman–Crippen MR) is 34.6 cm³/mol. The minimum atomic E-state index is -0.792. The summed E-state index contributed by atoms with van der Waals surface area (Å²) in [5.41, 5.74) is 0. The largest absolute Gasteiger partial charge is 0.322 e. The molecule has 0 spiro atoms. The average molecular weight is 121 g/mol. The molecule has 0 heterocycles. The molecule has 0 saturated heterocycles. The van der Waals surface area contributed by atoms with Crippen molar-refractivity contribution in [3.8, 4) is 0 Å². The first kappa shape index (κ1) is 6.82. The minimum absolute atomic E-state index is 0.745. The van der Waals surface area contributed by atoms with Gasteiger partial charge in [0.25, 0.3) is 0 Å². The SMILES string of the molecule is CS(C)(C)NC=O. The van der Waals surface area contributed by atoms with Gasteiger partial charge in [-0.15, -0.1) is 0 Å². The summed E-state index contributed by atoms with van der Waals surface area (Å²) in [6, 6.07) is 0. The Morgan fingerprint density at radius 1 is 1.43 bits per heavy atom. The van der Waals surface area contributed by atoms with Crippen LogP contribution in [0.3, 0.4) is 0 Å². The van der Waals surface area contributed by atoms with E-state index in [1.807, 2.05) is 18.8 Å². The van der Waals surface area contributed by atoms with Gasteiger partial charge in [0.05, 0.1) is 0 Å². The molecule has 0 rings (SSSR count). The van der Waals surface area contributed by atoms with Crippen molar-refractivity contribution in [1.29, 1.82) is 0 Å². The molecule has 0 saturated carbocycles. The maximum Gasteiger partial charge on any atom is 0.215 e. The fourth-order valence-corrected chi connectivity index (χ4v) is 0.433. The van der Waals surface area contributed by atoms with Gasteiger partial charge in [-0.1, -0.05) is 0 Å². The number of carbonyl (C=O) groups is 1. The van der Waals surface area contributed by atoms with E-state index in [1.165, 1.54) is 0 Å². The predicted octanol–water partition coefficient (Wildman–Crippen LogP) is 0.341. The molecule has 1 amide bonds. The number of carbonyl (C=O) groups excluding carboxylic acids is 1. The lowest BCUT2D eigenvalue weighted by Crippen LogP contribution is -2.14. The molecular formula is C4H11NOS. The fourth-order valence-electron chi connectivity index (χ4n) is 0.144. The van der Waals surface area contributed by atoms with E-state index in [1.54, 1.807) is 0 Å². The Morgan fingerprint density at radius 2 is 1.86 bits per heavy atom. The van der Waals surface area contributed by atoms with Gasteiger partial charge in [-0.25, -0.2) is 0 Å². The van der Waals surface area contributed by atoms with Crippen molar-refractivity contribution in [2.24, 2.45) is 0 Å². The first-order chi connectivity index (χ1) is 3.06. The highest BCUT2D eigenvalue weighted by Gasteiger charge is 1.96. The third-order valence-electron chi connectivity index (χ3n) is 0.402. The van der Waals surface area contributed by atoms with Crippen LogP contribution in [-0.2, 0) is 4.79 Å². The Hall–Kier alpha value is -0.180. The summed E-state index contributed by atoms with van der Waals surface area (Å²) in [4.78, 5) is 9.73. The van der Waals surface area contributed by atoms with Crippen LogP contribution in [0.2, 0.25) is 0 Å². The zero-order chi connectivity index (χ0) is 5.91. The van der Waals surface area contributed by atoms with E-state index in [-0.39, 0.29) is 0 Å². The summed E-state index contributed by atoms with van der Waals surface area (Å²) in [5.74, 6) is 0. The quantitative estimate of drug-likeness (QED) is 0.524. The van der Waals surface area contributed by atoms with Crippen LogP contribution in [0.4, 0.5) is 0 Å². The highest BCUT2D eigenvalue weighted by molar-refractivity contribution is 8.30. The molecule has 44 valence electrons. The molecule has 3 heteroatoms. The van der Waals surface area contributed by atoms with Crippen molar-refractivity contribution in [1.82, 2.24) is 4.72 Å². The molecule has 0 aromatic rings. The zero-order valence-corrected chi connectivity index (χ0v) is 5.71. The third-order valence-corrected chi connectivity index (χ3v) is 1.20. The van der Waals surface area contributed by atoms with E-state index in [9.17, 15) is 4.79 Å². The molecular weight excluding hydrogens is 110 g/mol. The molecule has 0 aliphatic carbocycles. The maximum atomic E-state index is 9.73. The zero-order valence-electron chi connectivity index (χ0n) is 4.89. The molecule has 1 N–H and O–H groups in total. The second kappa shape index (κ2) is 2.21. The van der Waals surface area contributed by atoms with Crippen LogP contribution in [0.1, 0.15) is 0 Å². The van der Waals surface area contributed by atoms with Gasteiger partial charge in [0.1, 0.15) is 0 Å². The van der Waals surface area contributed by atoms with E-state index in [0.717, 1.165) is 6.41 Å². The third kappa shape index (κ3) is 5.82. The van der Waals surface area contributed by atoms with Crippen molar-refractivity contribution in [3.63, 3.8) is 0 Å². The summed E-state index contributed by atoms with van der Waals surface area (Å²) in [6.07, 6.45) is 6.79. The Bertz CT molecular complexity index is 66.6. The molecule has 0 atom stereocenters. The van der Waals surface area contributed by atoms with E-state index in [0.29, 0.717) is 0 Å². The van der Waals surface area contributed by atoms with Crippen molar-refractivity contribution < 1.29 is 4.79 Å². The number of hydrogen-bond donors (Lipinski definition) is 1. The van der Waals surface area contributed by atoms with E-state index in [2.05, 4.69) is 4.72 Å². The average Bonchev–Trinajstić information content (AvgIpc) is 1.30. The van der Waals surface area contributed by atoms with Crippen LogP contribution in [0.25, 0.3) is 0 Å². The summed E-state index contributed by atoms with van der Waals surface area (Å²) in [5, 5.41) is 0. The molecule has 0 aliphatic rings. The molecule has 0 aromatic carbocycles. The summed E-state index contributed by atoms with van der Waals surface area (Å²) >= 11 is 0. The summed E-state index contributed by atoms with van der Waals surface area (Å²) in [6.45, 7) is 0. The molecule has 0 radical (unpaired) electrons. The van der Waals surface area contributed by atoms with Crippen LogP contribution >= 0.6 is 10.2 Å². The van der Waals surface area contributed by atoms with Crippen molar-refractivity contribution in [2.45, 2.75) is 0 Å². The molecule has 2 nitrogen and oxygen atoms in total. The number of rotatable bonds is 2.